The zero-order valence-electron chi connectivity index (χ0n) is 14.6. The molecular formula is C21H19N5O. The summed E-state index contributed by atoms with van der Waals surface area (Å²) in [6, 6.07) is 19.4. The number of carbonyl (C=O) groups is 1. The maximum absolute atomic E-state index is 12.8. The first-order chi connectivity index (χ1) is 13.3. The summed E-state index contributed by atoms with van der Waals surface area (Å²) < 4.78 is 1.69. The van der Waals surface area contributed by atoms with Gasteiger partial charge in [0, 0.05) is 25.0 Å². The van der Waals surface area contributed by atoms with Crippen LogP contribution in [-0.4, -0.2) is 25.7 Å². The summed E-state index contributed by atoms with van der Waals surface area (Å²) in [4.78, 5) is 20.2. The van der Waals surface area contributed by atoms with Crippen molar-refractivity contribution in [2.24, 2.45) is 0 Å². The highest BCUT2D eigenvalue weighted by Gasteiger charge is 2.18. The average Bonchev–Trinajstić information content (AvgIpc) is 3.41. The molecule has 6 nitrogen and oxygen atoms in total. The summed E-state index contributed by atoms with van der Waals surface area (Å²) in [7, 11) is 0. The number of aromatic amines is 1. The second-order valence-electron chi connectivity index (χ2n) is 6.19. The molecule has 1 unspecified atom stereocenters. The second kappa shape index (κ2) is 7.70. The fraction of sp³-hybridized carbons (Fsp3) is 0.0952. The fourth-order valence-electron chi connectivity index (χ4n) is 2.94. The van der Waals surface area contributed by atoms with E-state index in [2.05, 4.69) is 20.4 Å². The van der Waals surface area contributed by atoms with E-state index < -0.39 is 0 Å². The number of para-hydroxylation sites is 1. The fourth-order valence-corrected chi connectivity index (χ4v) is 2.94. The lowest BCUT2D eigenvalue weighted by molar-refractivity contribution is 0.0936. The molecule has 2 aromatic carbocycles. The smallest absolute Gasteiger partial charge is 0.254 e. The highest BCUT2D eigenvalue weighted by molar-refractivity contribution is 5.94. The van der Waals surface area contributed by atoms with Crippen LogP contribution in [0, 0.1) is 0 Å². The third-order valence-corrected chi connectivity index (χ3v) is 4.33. The monoisotopic (exact) mass is 357 g/mol. The van der Waals surface area contributed by atoms with E-state index in [1.165, 1.54) is 0 Å². The van der Waals surface area contributed by atoms with Crippen molar-refractivity contribution in [3.05, 3.63) is 102 Å². The third kappa shape index (κ3) is 3.95. The number of carbonyl (C=O) groups excluding carboxylic acids is 1. The average molecular weight is 357 g/mol. The van der Waals surface area contributed by atoms with Gasteiger partial charge in [-0.1, -0.05) is 48.5 Å². The van der Waals surface area contributed by atoms with Gasteiger partial charge in [0.1, 0.15) is 5.82 Å². The number of H-pyrrole nitrogens is 1. The van der Waals surface area contributed by atoms with Crippen LogP contribution in [0.1, 0.15) is 27.8 Å². The Hall–Kier alpha value is -3.67. The minimum absolute atomic E-state index is 0.169. The van der Waals surface area contributed by atoms with Crippen LogP contribution in [0.25, 0.3) is 5.69 Å². The molecule has 2 N–H and O–H groups in total. The Balaban J connectivity index is 1.54. The van der Waals surface area contributed by atoms with E-state index in [9.17, 15) is 4.79 Å². The first-order valence-corrected chi connectivity index (χ1v) is 8.74. The van der Waals surface area contributed by atoms with Crippen LogP contribution in [0.2, 0.25) is 0 Å². The van der Waals surface area contributed by atoms with Gasteiger partial charge in [0.05, 0.1) is 23.5 Å². The Labute approximate surface area is 156 Å². The van der Waals surface area contributed by atoms with Gasteiger partial charge in [-0.15, -0.1) is 0 Å². The molecule has 0 bridgehead atoms. The lowest BCUT2D eigenvalue weighted by Crippen LogP contribution is -2.30. The van der Waals surface area contributed by atoms with Crippen LogP contribution in [0.15, 0.2) is 85.5 Å². The predicted molar refractivity (Wildman–Crippen MR) is 103 cm³/mol. The predicted octanol–water partition coefficient (Wildman–Crippen LogP) is 3.31. The summed E-state index contributed by atoms with van der Waals surface area (Å²) in [5, 5.41) is 7.40. The molecule has 6 heteroatoms. The summed E-state index contributed by atoms with van der Waals surface area (Å²) in [5.41, 5.74) is 2.45. The van der Waals surface area contributed by atoms with Crippen molar-refractivity contribution >= 4 is 5.91 Å². The van der Waals surface area contributed by atoms with E-state index in [-0.39, 0.29) is 11.9 Å². The van der Waals surface area contributed by atoms with E-state index in [1.54, 1.807) is 29.5 Å². The van der Waals surface area contributed by atoms with E-state index >= 15 is 0 Å². The van der Waals surface area contributed by atoms with Crippen molar-refractivity contribution < 1.29 is 4.79 Å². The lowest BCUT2D eigenvalue weighted by Gasteiger charge is -2.18. The maximum atomic E-state index is 12.8. The third-order valence-electron chi connectivity index (χ3n) is 4.33. The molecule has 2 heterocycles. The van der Waals surface area contributed by atoms with Gasteiger partial charge in [0.15, 0.2) is 0 Å². The van der Waals surface area contributed by atoms with Crippen molar-refractivity contribution in [1.29, 1.82) is 0 Å². The van der Waals surface area contributed by atoms with Gasteiger partial charge in [-0.05, 0) is 17.7 Å². The highest BCUT2D eigenvalue weighted by atomic mass is 16.1. The topological polar surface area (TPSA) is 75.6 Å². The molecule has 4 aromatic rings. The largest absolute Gasteiger partial charge is 0.349 e. The molecule has 0 saturated carbocycles. The van der Waals surface area contributed by atoms with Crippen molar-refractivity contribution in [3.63, 3.8) is 0 Å². The van der Waals surface area contributed by atoms with Crippen molar-refractivity contribution in [3.8, 4) is 5.69 Å². The molecule has 0 spiro atoms. The van der Waals surface area contributed by atoms with Crippen LogP contribution in [0.5, 0.6) is 0 Å². The van der Waals surface area contributed by atoms with Gasteiger partial charge in [-0.2, -0.15) is 5.10 Å². The highest BCUT2D eigenvalue weighted by Crippen LogP contribution is 2.18. The normalized spacial score (nSPS) is 11.9. The van der Waals surface area contributed by atoms with Gasteiger partial charge in [-0.25, -0.2) is 9.67 Å². The Morgan fingerprint density at radius 3 is 2.52 bits per heavy atom. The van der Waals surface area contributed by atoms with Crippen molar-refractivity contribution in [1.82, 2.24) is 25.1 Å². The molecule has 0 aliphatic heterocycles. The van der Waals surface area contributed by atoms with Crippen molar-refractivity contribution in [2.75, 3.05) is 0 Å². The number of nitrogens with one attached hydrogen (secondary N) is 2. The van der Waals surface area contributed by atoms with E-state index in [0.717, 1.165) is 17.1 Å². The number of aromatic nitrogens is 4. The van der Waals surface area contributed by atoms with Gasteiger partial charge >= 0.3 is 0 Å². The van der Waals surface area contributed by atoms with Gasteiger partial charge in [-0.3, -0.25) is 4.79 Å². The number of imidazole rings is 1. The van der Waals surface area contributed by atoms with Crippen molar-refractivity contribution in [2.45, 2.75) is 12.5 Å². The zero-order chi connectivity index (χ0) is 18.5. The molecule has 0 fully saturated rings. The van der Waals surface area contributed by atoms with E-state index in [0.29, 0.717) is 12.0 Å². The molecule has 0 radical (unpaired) electrons. The molecule has 134 valence electrons. The van der Waals surface area contributed by atoms with Crippen LogP contribution in [0.3, 0.4) is 0 Å². The van der Waals surface area contributed by atoms with E-state index in [1.807, 2.05) is 60.7 Å². The Kier molecular flexibility index (Phi) is 4.78. The number of nitrogens with zero attached hydrogens (tertiary/aromatic N) is 3. The standard InChI is InChI=1S/C21H19N5O/c27-21(17-14-24-26(15-17)18-9-5-2-6-10-18)25-19(13-20-22-11-12-23-20)16-7-3-1-4-8-16/h1-12,14-15,19H,13H2,(H,22,23)(H,25,27). The number of amides is 1. The van der Waals surface area contributed by atoms with Crippen LogP contribution in [0.4, 0.5) is 0 Å². The molecule has 0 saturated heterocycles. The molecular weight excluding hydrogens is 338 g/mol. The number of benzene rings is 2. The second-order valence-corrected chi connectivity index (χ2v) is 6.19. The molecule has 1 atom stereocenters. The lowest BCUT2D eigenvalue weighted by atomic mass is 10.0. The zero-order valence-corrected chi connectivity index (χ0v) is 14.6. The Bertz CT molecular complexity index is 994. The SMILES string of the molecule is O=C(NC(Cc1ncc[nH]1)c1ccccc1)c1cnn(-c2ccccc2)c1. The van der Waals surface area contributed by atoms with Gasteiger partial charge in [0.25, 0.3) is 5.91 Å². The molecule has 2 aromatic heterocycles. The van der Waals surface area contributed by atoms with Crippen LogP contribution >= 0.6 is 0 Å². The molecule has 1 amide bonds. The van der Waals surface area contributed by atoms with Crippen LogP contribution < -0.4 is 5.32 Å². The molecule has 0 aliphatic rings. The maximum Gasteiger partial charge on any atom is 0.254 e. The van der Waals surface area contributed by atoms with Gasteiger partial charge < -0.3 is 10.3 Å². The summed E-state index contributed by atoms with van der Waals surface area (Å²) in [5.74, 6) is 0.654. The number of rotatable bonds is 6. The quantitative estimate of drug-likeness (QED) is 0.556. The summed E-state index contributed by atoms with van der Waals surface area (Å²) >= 11 is 0. The first kappa shape index (κ1) is 16.8. The molecule has 27 heavy (non-hydrogen) atoms. The number of hydrogen-bond donors (Lipinski definition) is 2. The summed E-state index contributed by atoms with van der Waals surface area (Å²) in [6.07, 6.45) is 7.39. The minimum atomic E-state index is -0.190. The van der Waals surface area contributed by atoms with E-state index in [4.69, 9.17) is 0 Å². The van der Waals surface area contributed by atoms with Crippen LogP contribution in [-0.2, 0) is 6.42 Å². The molecule has 4 rings (SSSR count). The van der Waals surface area contributed by atoms with Gasteiger partial charge in [0.2, 0.25) is 0 Å². The molecule has 0 aliphatic carbocycles. The summed E-state index contributed by atoms with van der Waals surface area (Å²) in [6.45, 7) is 0. The first-order valence-electron chi connectivity index (χ1n) is 8.74. The Morgan fingerprint density at radius 2 is 1.81 bits per heavy atom. The minimum Gasteiger partial charge on any atom is -0.349 e. The Morgan fingerprint density at radius 1 is 1.07 bits per heavy atom. The number of hydrogen-bond acceptors (Lipinski definition) is 3.